The fraction of sp³-hybridized carbons (Fsp3) is 0.174. The molecule has 0 bridgehead atoms. The van der Waals surface area contributed by atoms with Crippen LogP contribution >= 0.6 is 0 Å². The molecule has 0 spiro atoms. The van der Waals surface area contributed by atoms with Crippen molar-refractivity contribution in [2.75, 3.05) is 26.6 Å². The molecular formula is C23H23N5O3. The fourth-order valence-corrected chi connectivity index (χ4v) is 3.36. The number of carbonyl (C=O) groups excluding carboxylic acids is 1. The zero-order chi connectivity index (χ0) is 22.0. The first-order chi connectivity index (χ1) is 15.0. The molecule has 0 unspecified atom stereocenters. The van der Waals surface area contributed by atoms with Crippen LogP contribution in [0.25, 0.3) is 22.2 Å². The smallest absolute Gasteiger partial charge is 0.251 e. The molecule has 0 aliphatic heterocycles. The summed E-state index contributed by atoms with van der Waals surface area (Å²) >= 11 is 0. The summed E-state index contributed by atoms with van der Waals surface area (Å²) in [4.78, 5) is 24.2. The van der Waals surface area contributed by atoms with Crippen molar-refractivity contribution < 1.29 is 14.3 Å². The molecule has 4 aromatic rings. The van der Waals surface area contributed by atoms with Crippen LogP contribution in [0, 0.1) is 6.92 Å². The molecule has 0 saturated heterocycles. The number of aromatic amines is 1. The maximum absolute atomic E-state index is 11.9. The molecule has 0 atom stereocenters. The van der Waals surface area contributed by atoms with Gasteiger partial charge in [0.15, 0.2) is 0 Å². The van der Waals surface area contributed by atoms with Crippen molar-refractivity contribution in [1.29, 1.82) is 0 Å². The van der Waals surface area contributed by atoms with Crippen LogP contribution in [0.2, 0.25) is 0 Å². The summed E-state index contributed by atoms with van der Waals surface area (Å²) in [5.41, 5.74) is 4.96. The quantitative estimate of drug-likeness (QED) is 0.437. The molecule has 2 heterocycles. The predicted molar refractivity (Wildman–Crippen MR) is 120 cm³/mol. The van der Waals surface area contributed by atoms with E-state index in [1.54, 1.807) is 32.4 Å². The number of carbonyl (C=O) groups is 1. The molecule has 0 saturated carbocycles. The zero-order valence-corrected chi connectivity index (χ0v) is 17.7. The van der Waals surface area contributed by atoms with Crippen molar-refractivity contribution in [1.82, 2.24) is 20.3 Å². The molecule has 0 radical (unpaired) electrons. The van der Waals surface area contributed by atoms with Crippen LogP contribution < -0.4 is 20.1 Å². The SMILES string of the molecule is CNC(=O)c1ccc(Nc2nc(OC)c3c(-c4ccc(C)cc4)c[nH]c3n2)c(OC)c1. The van der Waals surface area contributed by atoms with E-state index in [2.05, 4.69) is 56.8 Å². The van der Waals surface area contributed by atoms with Gasteiger partial charge in [0.25, 0.3) is 5.91 Å². The van der Waals surface area contributed by atoms with Crippen molar-refractivity contribution in [3.8, 4) is 22.8 Å². The van der Waals surface area contributed by atoms with Crippen molar-refractivity contribution in [2.24, 2.45) is 0 Å². The first-order valence-electron chi connectivity index (χ1n) is 9.71. The Morgan fingerprint density at radius 1 is 1.03 bits per heavy atom. The fourth-order valence-electron chi connectivity index (χ4n) is 3.36. The molecule has 3 N–H and O–H groups in total. The van der Waals surface area contributed by atoms with Gasteiger partial charge in [-0.2, -0.15) is 9.97 Å². The van der Waals surface area contributed by atoms with E-state index >= 15 is 0 Å². The Bertz CT molecular complexity index is 1250. The summed E-state index contributed by atoms with van der Waals surface area (Å²) in [5, 5.41) is 6.55. The van der Waals surface area contributed by atoms with Gasteiger partial charge < -0.3 is 25.1 Å². The van der Waals surface area contributed by atoms with E-state index in [0.29, 0.717) is 34.5 Å². The van der Waals surface area contributed by atoms with Crippen LogP contribution in [-0.4, -0.2) is 42.1 Å². The highest BCUT2D eigenvalue weighted by Crippen LogP contribution is 2.35. The van der Waals surface area contributed by atoms with Crippen molar-refractivity contribution in [3.05, 3.63) is 59.8 Å². The summed E-state index contributed by atoms with van der Waals surface area (Å²) in [5.74, 6) is 1.09. The highest BCUT2D eigenvalue weighted by Gasteiger charge is 2.17. The van der Waals surface area contributed by atoms with E-state index < -0.39 is 0 Å². The number of hydrogen-bond acceptors (Lipinski definition) is 6. The van der Waals surface area contributed by atoms with Gasteiger partial charge in [0.1, 0.15) is 11.4 Å². The van der Waals surface area contributed by atoms with E-state index in [1.165, 1.54) is 12.7 Å². The van der Waals surface area contributed by atoms with Crippen LogP contribution in [0.3, 0.4) is 0 Å². The van der Waals surface area contributed by atoms with Gasteiger partial charge in [0.2, 0.25) is 11.8 Å². The Labute approximate surface area is 179 Å². The van der Waals surface area contributed by atoms with E-state index in [4.69, 9.17) is 9.47 Å². The topological polar surface area (TPSA) is 101 Å². The first kappa shape index (κ1) is 20.2. The van der Waals surface area contributed by atoms with Gasteiger partial charge in [-0.3, -0.25) is 4.79 Å². The molecule has 4 rings (SSSR count). The van der Waals surface area contributed by atoms with Gasteiger partial charge in [0.05, 0.1) is 25.3 Å². The van der Waals surface area contributed by atoms with Crippen molar-refractivity contribution in [2.45, 2.75) is 6.92 Å². The second-order valence-electron chi connectivity index (χ2n) is 6.97. The minimum Gasteiger partial charge on any atom is -0.495 e. The Morgan fingerprint density at radius 2 is 1.81 bits per heavy atom. The van der Waals surface area contributed by atoms with Crippen LogP contribution in [0.1, 0.15) is 15.9 Å². The van der Waals surface area contributed by atoms with Crippen LogP contribution in [0.5, 0.6) is 11.6 Å². The van der Waals surface area contributed by atoms with Crippen LogP contribution in [-0.2, 0) is 0 Å². The number of rotatable bonds is 6. The number of fused-ring (bicyclic) bond motifs is 1. The third-order valence-electron chi connectivity index (χ3n) is 4.99. The van der Waals surface area contributed by atoms with Gasteiger partial charge in [-0.25, -0.2) is 0 Å². The van der Waals surface area contributed by atoms with Gasteiger partial charge in [0, 0.05) is 24.4 Å². The lowest BCUT2D eigenvalue weighted by Crippen LogP contribution is -2.17. The number of ether oxygens (including phenoxy) is 2. The van der Waals surface area contributed by atoms with E-state index in [9.17, 15) is 4.79 Å². The highest BCUT2D eigenvalue weighted by molar-refractivity contribution is 5.98. The lowest BCUT2D eigenvalue weighted by atomic mass is 10.0. The molecule has 0 fully saturated rings. The molecule has 1 amide bonds. The molecular weight excluding hydrogens is 394 g/mol. The van der Waals surface area contributed by atoms with E-state index in [0.717, 1.165) is 16.5 Å². The average molecular weight is 417 g/mol. The minimum atomic E-state index is -0.195. The Morgan fingerprint density at radius 3 is 2.48 bits per heavy atom. The molecule has 0 aliphatic rings. The molecule has 8 nitrogen and oxygen atoms in total. The Kier molecular flexibility index (Phi) is 5.44. The number of hydrogen-bond donors (Lipinski definition) is 3. The first-order valence-corrected chi connectivity index (χ1v) is 9.71. The van der Waals surface area contributed by atoms with Gasteiger partial charge in [-0.05, 0) is 30.7 Å². The summed E-state index contributed by atoms with van der Waals surface area (Å²) in [6.07, 6.45) is 1.90. The Balaban J connectivity index is 1.73. The molecule has 8 heteroatoms. The molecule has 2 aromatic heterocycles. The zero-order valence-electron chi connectivity index (χ0n) is 17.7. The number of methoxy groups -OCH3 is 2. The summed E-state index contributed by atoms with van der Waals surface area (Å²) in [6, 6.07) is 13.3. The van der Waals surface area contributed by atoms with Crippen LogP contribution in [0.15, 0.2) is 48.7 Å². The third-order valence-corrected chi connectivity index (χ3v) is 4.99. The largest absolute Gasteiger partial charge is 0.495 e. The monoisotopic (exact) mass is 417 g/mol. The average Bonchev–Trinajstić information content (AvgIpc) is 3.22. The minimum absolute atomic E-state index is 0.195. The van der Waals surface area contributed by atoms with E-state index in [-0.39, 0.29) is 5.91 Å². The lowest BCUT2D eigenvalue weighted by Gasteiger charge is -2.12. The normalized spacial score (nSPS) is 10.7. The van der Waals surface area contributed by atoms with Gasteiger partial charge >= 0.3 is 0 Å². The maximum atomic E-state index is 11.9. The number of benzene rings is 2. The number of aromatic nitrogens is 3. The maximum Gasteiger partial charge on any atom is 0.251 e. The Hall–Kier alpha value is -4.07. The third kappa shape index (κ3) is 3.87. The second kappa shape index (κ2) is 8.35. The molecule has 31 heavy (non-hydrogen) atoms. The van der Waals surface area contributed by atoms with Crippen LogP contribution in [0.4, 0.5) is 11.6 Å². The molecule has 158 valence electrons. The molecule has 2 aromatic carbocycles. The van der Waals surface area contributed by atoms with Crippen molar-refractivity contribution >= 4 is 28.6 Å². The van der Waals surface area contributed by atoms with Gasteiger partial charge in [-0.1, -0.05) is 29.8 Å². The summed E-state index contributed by atoms with van der Waals surface area (Å²) < 4.78 is 11.0. The highest BCUT2D eigenvalue weighted by atomic mass is 16.5. The predicted octanol–water partition coefficient (Wildman–Crippen LogP) is 4.05. The van der Waals surface area contributed by atoms with E-state index in [1.807, 2.05) is 6.20 Å². The van der Waals surface area contributed by atoms with Gasteiger partial charge in [-0.15, -0.1) is 0 Å². The summed E-state index contributed by atoms with van der Waals surface area (Å²) in [7, 11) is 4.70. The number of nitrogens with one attached hydrogen (secondary N) is 3. The van der Waals surface area contributed by atoms with Crippen molar-refractivity contribution in [3.63, 3.8) is 0 Å². The lowest BCUT2D eigenvalue weighted by molar-refractivity contribution is 0.0963. The molecule has 0 aliphatic carbocycles. The number of anilines is 2. The second-order valence-corrected chi connectivity index (χ2v) is 6.97. The summed E-state index contributed by atoms with van der Waals surface area (Å²) in [6.45, 7) is 2.05. The number of amides is 1. The number of H-pyrrole nitrogens is 1. The number of nitrogens with zero attached hydrogens (tertiary/aromatic N) is 2. The number of aryl methyl sites for hydroxylation is 1. The standard InChI is InChI=1S/C23H23N5O3/c1-13-5-7-14(8-6-13)16-12-25-20-19(16)22(31-4)28-23(27-20)26-17-10-9-15(21(29)24-2)11-18(17)30-3/h5-12H,1-4H3,(H,24,29)(H2,25,26,27,28).